The largest absolute Gasteiger partial charge is 0.378 e. The maximum Gasteiger partial charge on any atom is 0.229 e. The molecule has 3 rings (SSSR count). The van der Waals surface area contributed by atoms with E-state index in [1.807, 2.05) is 57.4 Å². The van der Waals surface area contributed by atoms with Gasteiger partial charge >= 0.3 is 0 Å². The first kappa shape index (κ1) is 18.3. The molecular weight excluding hydrogens is 369 g/mol. The van der Waals surface area contributed by atoms with E-state index in [-0.39, 0.29) is 0 Å². The number of benzene rings is 2. The van der Waals surface area contributed by atoms with Gasteiger partial charge in [0.2, 0.25) is 5.95 Å². The first-order chi connectivity index (χ1) is 12.4. The molecule has 0 unspecified atom stereocenters. The van der Waals surface area contributed by atoms with E-state index in [1.54, 1.807) is 12.1 Å². The van der Waals surface area contributed by atoms with E-state index in [0.29, 0.717) is 21.8 Å². The van der Waals surface area contributed by atoms with Gasteiger partial charge in [-0.3, -0.25) is 0 Å². The van der Waals surface area contributed by atoms with Gasteiger partial charge in [0.05, 0.1) is 10.0 Å². The zero-order valence-corrected chi connectivity index (χ0v) is 16.2. The quantitative estimate of drug-likeness (QED) is 0.592. The van der Waals surface area contributed by atoms with Crippen molar-refractivity contribution in [3.63, 3.8) is 0 Å². The number of aromatic nitrogens is 2. The molecule has 0 bridgehead atoms. The molecule has 0 aliphatic heterocycles. The van der Waals surface area contributed by atoms with Gasteiger partial charge in [-0.1, -0.05) is 23.2 Å². The lowest BCUT2D eigenvalue weighted by atomic mass is 10.2. The smallest absolute Gasteiger partial charge is 0.229 e. The van der Waals surface area contributed by atoms with Gasteiger partial charge in [0, 0.05) is 42.9 Å². The van der Waals surface area contributed by atoms with E-state index in [9.17, 15) is 0 Å². The summed E-state index contributed by atoms with van der Waals surface area (Å²) in [6.45, 7) is 1.92. The van der Waals surface area contributed by atoms with Crippen LogP contribution in [0, 0.1) is 6.92 Å². The SMILES string of the molecule is Cc1cc(Nc2ccc(N(C)C)cc2)nc(Nc2ccc(Cl)c(Cl)c2)n1. The second-order valence-electron chi connectivity index (χ2n) is 6.04. The zero-order chi connectivity index (χ0) is 18.7. The highest BCUT2D eigenvalue weighted by Crippen LogP contribution is 2.27. The molecule has 0 saturated heterocycles. The Bertz CT molecular complexity index is 910. The lowest BCUT2D eigenvalue weighted by Crippen LogP contribution is -2.08. The van der Waals surface area contributed by atoms with Crippen LogP contribution in [0.25, 0.3) is 0 Å². The Hall–Kier alpha value is -2.50. The van der Waals surface area contributed by atoms with Crippen molar-refractivity contribution in [1.29, 1.82) is 0 Å². The summed E-state index contributed by atoms with van der Waals surface area (Å²) >= 11 is 12.0. The van der Waals surface area contributed by atoms with Crippen molar-refractivity contribution >= 4 is 52.0 Å². The fourth-order valence-electron chi connectivity index (χ4n) is 2.38. The van der Waals surface area contributed by atoms with Crippen molar-refractivity contribution in [1.82, 2.24) is 9.97 Å². The molecule has 1 heterocycles. The molecule has 7 heteroatoms. The molecule has 0 fully saturated rings. The van der Waals surface area contributed by atoms with Crippen LogP contribution in [-0.4, -0.2) is 24.1 Å². The molecule has 134 valence electrons. The highest BCUT2D eigenvalue weighted by atomic mass is 35.5. The van der Waals surface area contributed by atoms with Crippen LogP contribution in [0.2, 0.25) is 10.0 Å². The maximum absolute atomic E-state index is 6.06. The summed E-state index contributed by atoms with van der Waals surface area (Å²) in [6.07, 6.45) is 0. The van der Waals surface area contributed by atoms with Crippen LogP contribution in [0.5, 0.6) is 0 Å². The van der Waals surface area contributed by atoms with Gasteiger partial charge in [0.25, 0.3) is 0 Å². The predicted octanol–water partition coefficient (Wildman–Crippen LogP) is 5.65. The molecule has 3 aromatic rings. The molecule has 0 aliphatic carbocycles. The third-order valence-corrected chi connectivity index (χ3v) is 4.43. The standard InChI is InChI=1S/C19H19Cl2N5/c1-12-10-18(23-13-4-7-15(8-5-13)26(2)3)25-19(22-12)24-14-6-9-16(20)17(21)11-14/h4-11H,1-3H3,(H2,22,23,24,25). The lowest BCUT2D eigenvalue weighted by molar-refractivity contribution is 1.11. The van der Waals surface area contributed by atoms with E-state index >= 15 is 0 Å². The molecule has 0 amide bonds. The first-order valence-electron chi connectivity index (χ1n) is 8.03. The van der Waals surface area contributed by atoms with Crippen LogP contribution in [0.4, 0.5) is 28.8 Å². The number of anilines is 5. The Kier molecular flexibility index (Phi) is 5.49. The molecule has 0 saturated carbocycles. The monoisotopic (exact) mass is 387 g/mol. The number of halogens is 2. The normalized spacial score (nSPS) is 10.5. The number of aryl methyl sites for hydroxylation is 1. The van der Waals surface area contributed by atoms with Crippen LogP contribution >= 0.6 is 23.2 Å². The topological polar surface area (TPSA) is 53.1 Å². The highest BCUT2D eigenvalue weighted by molar-refractivity contribution is 6.42. The maximum atomic E-state index is 6.06. The fourth-order valence-corrected chi connectivity index (χ4v) is 2.68. The fraction of sp³-hybridized carbons (Fsp3) is 0.158. The Labute approximate surface area is 163 Å². The van der Waals surface area contributed by atoms with Gasteiger partial charge in [0.1, 0.15) is 5.82 Å². The summed E-state index contributed by atoms with van der Waals surface area (Å²) in [4.78, 5) is 11.0. The van der Waals surface area contributed by atoms with Gasteiger partial charge in [-0.2, -0.15) is 4.98 Å². The van der Waals surface area contributed by atoms with Gasteiger partial charge in [-0.15, -0.1) is 0 Å². The molecule has 0 aliphatic rings. The van der Waals surface area contributed by atoms with Crippen LogP contribution in [-0.2, 0) is 0 Å². The second kappa shape index (κ2) is 7.81. The number of hydrogen-bond acceptors (Lipinski definition) is 5. The second-order valence-corrected chi connectivity index (χ2v) is 6.85. The third kappa shape index (κ3) is 4.56. The minimum atomic E-state index is 0.476. The molecular formula is C19H19Cl2N5. The van der Waals surface area contributed by atoms with E-state index in [0.717, 1.165) is 22.8 Å². The molecule has 26 heavy (non-hydrogen) atoms. The minimum absolute atomic E-state index is 0.476. The molecule has 2 aromatic carbocycles. The van der Waals surface area contributed by atoms with Crippen LogP contribution in [0.1, 0.15) is 5.69 Å². The molecule has 0 atom stereocenters. The summed E-state index contributed by atoms with van der Waals surface area (Å²) in [5.74, 6) is 1.19. The van der Waals surface area contributed by atoms with Crippen molar-refractivity contribution < 1.29 is 0 Å². The third-order valence-electron chi connectivity index (χ3n) is 3.69. The van der Waals surface area contributed by atoms with E-state index in [4.69, 9.17) is 23.2 Å². The van der Waals surface area contributed by atoms with E-state index in [1.165, 1.54) is 0 Å². The van der Waals surface area contributed by atoms with Gasteiger partial charge in [-0.25, -0.2) is 4.98 Å². The Morgan fingerprint density at radius 3 is 2.15 bits per heavy atom. The first-order valence-corrected chi connectivity index (χ1v) is 8.78. The molecule has 0 spiro atoms. The molecule has 1 aromatic heterocycles. The van der Waals surface area contributed by atoms with Crippen LogP contribution < -0.4 is 15.5 Å². The minimum Gasteiger partial charge on any atom is -0.378 e. The van der Waals surface area contributed by atoms with Crippen molar-refractivity contribution in [3.8, 4) is 0 Å². The van der Waals surface area contributed by atoms with Crippen molar-refractivity contribution in [2.24, 2.45) is 0 Å². The number of nitrogens with one attached hydrogen (secondary N) is 2. The number of hydrogen-bond donors (Lipinski definition) is 2. The Morgan fingerprint density at radius 1 is 0.808 bits per heavy atom. The molecule has 5 nitrogen and oxygen atoms in total. The van der Waals surface area contributed by atoms with E-state index < -0.39 is 0 Å². The van der Waals surface area contributed by atoms with Crippen LogP contribution in [0.3, 0.4) is 0 Å². The molecule has 0 radical (unpaired) electrons. The van der Waals surface area contributed by atoms with Crippen molar-refractivity contribution in [2.75, 3.05) is 29.6 Å². The van der Waals surface area contributed by atoms with Crippen LogP contribution in [0.15, 0.2) is 48.5 Å². The van der Waals surface area contributed by atoms with E-state index in [2.05, 4.69) is 25.5 Å². The van der Waals surface area contributed by atoms with Crippen molar-refractivity contribution in [3.05, 3.63) is 64.3 Å². The summed E-state index contributed by atoms with van der Waals surface area (Å²) in [5.41, 5.74) is 3.70. The average Bonchev–Trinajstić information content (AvgIpc) is 2.58. The van der Waals surface area contributed by atoms with Gasteiger partial charge < -0.3 is 15.5 Å². The number of rotatable bonds is 5. The van der Waals surface area contributed by atoms with Gasteiger partial charge in [-0.05, 0) is 49.4 Å². The molecule has 2 N–H and O–H groups in total. The average molecular weight is 388 g/mol. The predicted molar refractivity (Wildman–Crippen MR) is 111 cm³/mol. The zero-order valence-electron chi connectivity index (χ0n) is 14.7. The summed E-state index contributed by atoms with van der Waals surface area (Å²) in [7, 11) is 4.02. The summed E-state index contributed by atoms with van der Waals surface area (Å²) in [6, 6.07) is 15.3. The highest BCUT2D eigenvalue weighted by Gasteiger charge is 2.06. The van der Waals surface area contributed by atoms with Crippen molar-refractivity contribution in [2.45, 2.75) is 6.92 Å². The van der Waals surface area contributed by atoms with Gasteiger partial charge in [0.15, 0.2) is 0 Å². The Morgan fingerprint density at radius 2 is 1.50 bits per heavy atom. The number of nitrogens with zero attached hydrogens (tertiary/aromatic N) is 3. The summed E-state index contributed by atoms with van der Waals surface area (Å²) in [5, 5.41) is 7.43. The Balaban J connectivity index is 1.79. The summed E-state index contributed by atoms with van der Waals surface area (Å²) < 4.78 is 0. The lowest BCUT2D eigenvalue weighted by Gasteiger charge is -2.14.